The molecule has 2 heterocycles. The maximum absolute atomic E-state index is 11.9. The van der Waals surface area contributed by atoms with Crippen molar-refractivity contribution in [2.75, 3.05) is 5.73 Å². The number of nitrogens with two attached hydrogens (primary N) is 1. The van der Waals surface area contributed by atoms with Gasteiger partial charge in [0.1, 0.15) is 23.2 Å². The monoisotopic (exact) mass is 389 g/mol. The van der Waals surface area contributed by atoms with Gasteiger partial charge in [-0.3, -0.25) is 4.84 Å². The Bertz CT molecular complexity index is 980. The van der Waals surface area contributed by atoms with Gasteiger partial charge in [-0.2, -0.15) is 0 Å². The first-order valence-corrected chi connectivity index (χ1v) is 10.1. The number of benzene rings is 1. The molecule has 1 aliphatic carbocycles. The lowest BCUT2D eigenvalue weighted by molar-refractivity contribution is 0.0509. The quantitative estimate of drug-likeness (QED) is 0.416. The molecule has 8 nitrogen and oxygen atoms in total. The van der Waals surface area contributed by atoms with Crippen LogP contribution in [-0.2, 0) is 29.4 Å². The number of hydrogen-bond donors (Lipinski definition) is 3. The number of pyridine rings is 1. The van der Waals surface area contributed by atoms with E-state index in [1.807, 2.05) is 28.8 Å². The van der Waals surface area contributed by atoms with Gasteiger partial charge in [-0.25, -0.2) is 9.97 Å². The van der Waals surface area contributed by atoms with Crippen molar-refractivity contribution in [3.05, 3.63) is 30.1 Å². The Hall–Kier alpha value is -1.91. The third kappa shape index (κ3) is 3.87. The second kappa shape index (κ2) is 6.92. The standard InChI is InChI=1S/C18H23N5O3S/c1-18(2,24)10-23-14(9-26-22-27(25)11-7-8-11)21-15-16(23)12-5-3-4-6-13(12)20-17(15)19/h3-6,11,22,24H,7-10H2,1-2H3,(H2,19,20). The summed E-state index contributed by atoms with van der Waals surface area (Å²) in [7, 11) is 0. The largest absolute Gasteiger partial charge is 0.596 e. The number of para-hydroxylation sites is 1. The van der Waals surface area contributed by atoms with Crippen LogP contribution >= 0.6 is 0 Å². The lowest BCUT2D eigenvalue weighted by Gasteiger charge is -2.20. The van der Waals surface area contributed by atoms with Gasteiger partial charge in [0, 0.05) is 18.2 Å². The predicted octanol–water partition coefficient (Wildman–Crippen LogP) is 1.78. The van der Waals surface area contributed by atoms with Gasteiger partial charge >= 0.3 is 0 Å². The van der Waals surface area contributed by atoms with Gasteiger partial charge in [0.25, 0.3) is 0 Å². The fraction of sp³-hybridized carbons (Fsp3) is 0.444. The van der Waals surface area contributed by atoms with E-state index in [2.05, 4.69) is 14.9 Å². The number of aromatic nitrogens is 3. The third-order valence-electron chi connectivity index (χ3n) is 4.40. The van der Waals surface area contributed by atoms with E-state index in [9.17, 15) is 9.66 Å². The number of imidazole rings is 1. The van der Waals surface area contributed by atoms with Gasteiger partial charge < -0.3 is 20.0 Å². The van der Waals surface area contributed by atoms with Crippen LogP contribution in [0.25, 0.3) is 21.9 Å². The summed E-state index contributed by atoms with van der Waals surface area (Å²) in [6.07, 6.45) is 1.91. The first kappa shape index (κ1) is 18.5. The van der Waals surface area contributed by atoms with Gasteiger partial charge in [0.05, 0.1) is 34.5 Å². The Morgan fingerprint density at radius 1 is 1.37 bits per heavy atom. The van der Waals surface area contributed by atoms with Crippen molar-refractivity contribution in [1.29, 1.82) is 0 Å². The van der Waals surface area contributed by atoms with Gasteiger partial charge in [-0.1, -0.05) is 18.2 Å². The second-order valence-electron chi connectivity index (χ2n) is 7.51. The molecular formula is C18H23N5O3S. The molecular weight excluding hydrogens is 366 g/mol. The van der Waals surface area contributed by atoms with Crippen LogP contribution in [0.2, 0.25) is 0 Å². The lowest BCUT2D eigenvalue weighted by atomic mass is 10.1. The molecule has 0 spiro atoms. The molecule has 1 saturated carbocycles. The summed E-state index contributed by atoms with van der Waals surface area (Å²) >= 11 is -1.20. The van der Waals surface area contributed by atoms with Crippen LogP contribution in [0.15, 0.2) is 24.3 Å². The molecule has 4 rings (SSSR count). The summed E-state index contributed by atoms with van der Waals surface area (Å²) in [6.45, 7) is 3.87. The van der Waals surface area contributed by atoms with Crippen LogP contribution in [0.5, 0.6) is 0 Å². The molecule has 0 bridgehead atoms. The number of nitrogens with zero attached hydrogens (tertiary/aromatic N) is 3. The first-order chi connectivity index (χ1) is 12.8. The van der Waals surface area contributed by atoms with Crippen molar-refractivity contribution >= 4 is 39.1 Å². The average molecular weight is 389 g/mol. The zero-order chi connectivity index (χ0) is 19.2. The summed E-state index contributed by atoms with van der Waals surface area (Å²) in [6, 6.07) is 7.68. The van der Waals surface area contributed by atoms with E-state index < -0.39 is 17.0 Å². The molecule has 27 heavy (non-hydrogen) atoms. The van der Waals surface area contributed by atoms with E-state index >= 15 is 0 Å². The number of anilines is 1. The van der Waals surface area contributed by atoms with Crippen molar-refractivity contribution in [1.82, 2.24) is 19.4 Å². The summed E-state index contributed by atoms with van der Waals surface area (Å²) in [5, 5.41) is 11.5. The highest BCUT2D eigenvalue weighted by Crippen LogP contribution is 2.30. The van der Waals surface area contributed by atoms with Gasteiger partial charge in [-0.15, -0.1) is 0 Å². The SMILES string of the molecule is CC(C)(O)Cn1c(CON[S+]([O-])C2CC2)nc2c(N)nc3ccccc3c21. The Labute approximate surface area is 160 Å². The second-order valence-corrected chi connectivity index (χ2v) is 8.93. The van der Waals surface area contributed by atoms with Crippen LogP contribution in [-0.4, -0.2) is 35.0 Å². The minimum absolute atomic E-state index is 0.0942. The molecule has 1 aliphatic rings. The van der Waals surface area contributed by atoms with E-state index in [1.54, 1.807) is 13.8 Å². The Balaban J connectivity index is 1.75. The average Bonchev–Trinajstić information content (AvgIpc) is 3.39. The highest BCUT2D eigenvalue weighted by atomic mass is 32.2. The number of rotatable bonds is 7. The zero-order valence-electron chi connectivity index (χ0n) is 15.3. The highest BCUT2D eigenvalue weighted by molar-refractivity contribution is 7.90. The smallest absolute Gasteiger partial charge is 0.152 e. The Morgan fingerprint density at radius 2 is 2.11 bits per heavy atom. The van der Waals surface area contributed by atoms with E-state index in [-0.39, 0.29) is 11.9 Å². The van der Waals surface area contributed by atoms with Crippen LogP contribution in [0, 0.1) is 0 Å². The molecule has 2 aromatic heterocycles. The summed E-state index contributed by atoms with van der Waals surface area (Å²) in [5.74, 6) is 0.909. The molecule has 1 aromatic carbocycles. The van der Waals surface area contributed by atoms with Crippen LogP contribution in [0.1, 0.15) is 32.5 Å². The maximum Gasteiger partial charge on any atom is 0.152 e. The van der Waals surface area contributed by atoms with E-state index in [4.69, 9.17) is 10.6 Å². The molecule has 3 aromatic rings. The van der Waals surface area contributed by atoms with Crippen molar-refractivity contribution in [2.45, 2.75) is 50.7 Å². The molecule has 0 radical (unpaired) electrons. The lowest BCUT2D eigenvalue weighted by Crippen LogP contribution is -2.30. The van der Waals surface area contributed by atoms with Crippen LogP contribution in [0.3, 0.4) is 0 Å². The molecule has 0 amide bonds. The molecule has 4 N–H and O–H groups in total. The molecule has 9 heteroatoms. The molecule has 1 unspecified atom stereocenters. The van der Waals surface area contributed by atoms with Crippen molar-refractivity contribution in [3.8, 4) is 0 Å². The molecule has 0 saturated heterocycles. The third-order valence-corrected chi connectivity index (χ3v) is 5.76. The predicted molar refractivity (Wildman–Crippen MR) is 105 cm³/mol. The molecule has 1 fully saturated rings. The number of hydrogen-bond acceptors (Lipinski definition) is 7. The zero-order valence-corrected chi connectivity index (χ0v) is 16.1. The highest BCUT2D eigenvalue weighted by Gasteiger charge is 2.35. The number of fused-ring (bicyclic) bond motifs is 3. The molecule has 144 valence electrons. The van der Waals surface area contributed by atoms with Gasteiger partial charge in [0.15, 0.2) is 5.82 Å². The van der Waals surface area contributed by atoms with Crippen molar-refractivity contribution in [2.24, 2.45) is 0 Å². The molecule has 0 aliphatic heterocycles. The number of nitrogens with one attached hydrogen (secondary N) is 1. The Morgan fingerprint density at radius 3 is 2.81 bits per heavy atom. The fourth-order valence-corrected chi connectivity index (χ4v) is 3.95. The van der Waals surface area contributed by atoms with E-state index in [1.165, 1.54) is 0 Å². The Kier molecular flexibility index (Phi) is 4.73. The summed E-state index contributed by atoms with van der Waals surface area (Å²) < 4.78 is 13.8. The van der Waals surface area contributed by atoms with E-state index in [0.717, 1.165) is 29.3 Å². The minimum atomic E-state index is -1.20. The number of nitrogen functional groups attached to an aromatic ring is 1. The summed E-state index contributed by atoms with van der Waals surface area (Å²) in [5.41, 5.74) is 7.31. The van der Waals surface area contributed by atoms with Crippen LogP contribution in [0.4, 0.5) is 5.82 Å². The number of aliphatic hydroxyl groups is 1. The fourth-order valence-electron chi connectivity index (χ4n) is 3.07. The van der Waals surface area contributed by atoms with Gasteiger partial charge in [0.2, 0.25) is 0 Å². The maximum atomic E-state index is 11.9. The van der Waals surface area contributed by atoms with Gasteiger partial charge in [-0.05, 0) is 24.8 Å². The normalized spacial score (nSPS) is 16.3. The first-order valence-electron chi connectivity index (χ1n) is 8.87. The van der Waals surface area contributed by atoms with Crippen molar-refractivity contribution < 1.29 is 14.5 Å². The van der Waals surface area contributed by atoms with Crippen LogP contribution < -0.4 is 10.6 Å². The van der Waals surface area contributed by atoms with E-state index in [0.29, 0.717) is 23.7 Å². The minimum Gasteiger partial charge on any atom is -0.596 e. The topological polar surface area (TPSA) is 121 Å². The summed E-state index contributed by atoms with van der Waals surface area (Å²) in [4.78, 5) is 17.1. The van der Waals surface area contributed by atoms with Crippen molar-refractivity contribution in [3.63, 3.8) is 0 Å². The molecule has 1 atom stereocenters.